The molecular weight excluding hydrogens is 302 g/mol. The molecular formula is C20H19NO3. The van der Waals surface area contributed by atoms with Crippen LogP contribution in [0.25, 0.3) is 0 Å². The fourth-order valence-corrected chi connectivity index (χ4v) is 2.65. The molecule has 4 nitrogen and oxygen atoms in total. The number of rotatable bonds is 4. The molecule has 0 unspecified atom stereocenters. The second-order valence-electron chi connectivity index (χ2n) is 5.92. The number of aryl methyl sites for hydroxylation is 1. The van der Waals surface area contributed by atoms with E-state index in [0.29, 0.717) is 18.6 Å². The van der Waals surface area contributed by atoms with Crippen LogP contribution in [0.15, 0.2) is 54.6 Å². The predicted molar refractivity (Wildman–Crippen MR) is 92.5 cm³/mol. The maximum atomic E-state index is 9.61. The predicted octanol–water partition coefficient (Wildman–Crippen LogP) is 3.69. The first-order chi connectivity index (χ1) is 11.5. The molecule has 122 valence electrons. The molecule has 0 fully saturated rings. The molecule has 4 heteroatoms. The topological polar surface area (TPSA) is 73.6 Å². The van der Waals surface area contributed by atoms with E-state index in [-0.39, 0.29) is 11.5 Å². The minimum atomic E-state index is -0.122. The molecule has 0 amide bonds. The van der Waals surface area contributed by atoms with Crippen LogP contribution in [0.3, 0.4) is 0 Å². The first kappa shape index (κ1) is 15.9. The standard InChI is InChI=1S/C20H19NO3/c1-13-9-14(5-7-18(13)22)10-16-3-2-4-17(21-16)11-15-6-8-19(23)20(24)12-15/h2-9,12,22-24H,10-11H2,1H3. The van der Waals surface area contributed by atoms with Crippen molar-refractivity contribution in [2.24, 2.45) is 0 Å². The highest BCUT2D eigenvalue weighted by Gasteiger charge is 2.05. The molecule has 0 bridgehead atoms. The summed E-state index contributed by atoms with van der Waals surface area (Å²) < 4.78 is 0. The van der Waals surface area contributed by atoms with E-state index in [1.54, 1.807) is 18.2 Å². The van der Waals surface area contributed by atoms with Crippen LogP contribution < -0.4 is 0 Å². The van der Waals surface area contributed by atoms with Gasteiger partial charge in [-0.2, -0.15) is 0 Å². The minimum Gasteiger partial charge on any atom is -0.508 e. The van der Waals surface area contributed by atoms with Crippen LogP contribution in [0.4, 0.5) is 0 Å². The van der Waals surface area contributed by atoms with Gasteiger partial charge in [-0.15, -0.1) is 0 Å². The molecule has 0 aliphatic rings. The number of pyridine rings is 1. The van der Waals surface area contributed by atoms with Crippen LogP contribution in [-0.4, -0.2) is 20.3 Å². The van der Waals surface area contributed by atoms with Crippen molar-refractivity contribution in [1.29, 1.82) is 0 Å². The van der Waals surface area contributed by atoms with Crippen LogP contribution in [0.2, 0.25) is 0 Å². The fourth-order valence-electron chi connectivity index (χ4n) is 2.65. The monoisotopic (exact) mass is 321 g/mol. The summed E-state index contributed by atoms with van der Waals surface area (Å²) in [5.41, 5.74) is 4.67. The van der Waals surface area contributed by atoms with Crippen molar-refractivity contribution < 1.29 is 15.3 Å². The lowest BCUT2D eigenvalue weighted by Crippen LogP contribution is -1.98. The first-order valence-corrected chi connectivity index (χ1v) is 7.75. The summed E-state index contributed by atoms with van der Waals surface area (Å²) in [5, 5.41) is 28.6. The Kier molecular flexibility index (Phi) is 4.38. The van der Waals surface area contributed by atoms with Crippen LogP contribution in [0, 0.1) is 6.92 Å². The van der Waals surface area contributed by atoms with Gasteiger partial charge in [-0.1, -0.05) is 24.3 Å². The smallest absolute Gasteiger partial charge is 0.157 e. The summed E-state index contributed by atoms with van der Waals surface area (Å²) >= 11 is 0. The maximum Gasteiger partial charge on any atom is 0.157 e. The molecule has 0 atom stereocenters. The minimum absolute atomic E-state index is 0.122. The zero-order chi connectivity index (χ0) is 17.1. The van der Waals surface area contributed by atoms with Gasteiger partial charge in [0.15, 0.2) is 11.5 Å². The Morgan fingerprint density at radius 2 is 1.29 bits per heavy atom. The molecule has 2 aromatic carbocycles. The van der Waals surface area contributed by atoms with Crippen molar-refractivity contribution in [3.8, 4) is 17.2 Å². The normalized spacial score (nSPS) is 10.7. The lowest BCUT2D eigenvalue weighted by Gasteiger charge is -2.07. The van der Waals surface area contributed by atoms with Crippen LogP contribution in [-0.2, 0) is 12.8 Å². The van der Waals surface area contributed by atoms with Gasteiger partial charge in [-0.05, 0) is 53.9 Å². The number of phenolic OH excluding ortho intramolecular Hbond substituents is 3. The molecule has 0 saturated heterocycles. The zero-order valence-electron chi connectivity index (χ0n) is 13.4. The average Bonchev–Trinajstić information content (AvgIpc) is 2.55. The summed E-state index contributed by atoms with van der Waals surface area (Å²) in [6, 6.07) is 16.2. The van der Waals surface area contributed by atoms with Crippen LogP contribution >= 0.6 is 0 Å². The molecule has 0 aliphatic carbocycles. The van der Waals surface area contributed by atoms with Gasteiger partial charge in [-0.25, -0.2) is 0 Å². The molecule has 3 rings (SSSR count). The van der Waals surface area contributed by atoms with Gasteiger partial charge in [0, 0.05) is 24.2 Å². The molecule has 0 aliphatic heterocycles. The molecule has 24 heavy (non-hydrogen) atoms. The van der Waals surface area contributed by atoms with Gasteiger partial charge in [0.05, 0.1) is 0 Å². The fraction of sp³-hybridized carbons (Fsp3) is 0.150. The Morgan fingerprint density at radius 1 is 0.708 bits per heavy atom. The van der Waals surface area contributed by atoms with Gasteiger partial charge in [0.25, 0.3) is 0 Å². The van der Waals surface area contributed by atoms with E-state index in [4.69, 9.17) is 0 Å². The van der Waals surface area contributed by atoms with E-state index in [1.807, 2.05) is 37.3 Å². The Bertz CT molecular complexity index is 806. The SMILES string of the molecule is Cc1cc(Cc2cccc(Cc3ccc(O)c(O)c3)n2)ccc1O. The highest BCUT2D eigenvalue weighted by atomic mass is 16.3. The second kappa shape index (κ2) is 6.62. The third-order valence-corrected chi connectivity index (χ3v) is 3.94. The first-order valence-electron chi connectivity index (χ1n) is 7.75. The Hall–Kier alpha value is -3.01. The van der Waals surface area contributed by atoms with Crippen molar-refractivity contribution in [3.05, 3.63) is 82.7 Å². The molecule has 0 radical (unpaired) electrons. The molecule has 3 aromatic rings. The number of hydrogen-bond acceptors (Lipinski definition) is 4. The lowest BCUT2D eigenvalue weighted by atomic mass is 10.0. The average molecular weight is 321 g/mol. The summed E-state index contributed by atoms with van der Waals surface area (Å²) in [5.74, 6) is 0.0546. The number of benzene rings is 2. The Balaban J connectivity index is 1.78. The van der Waals surface area contributed by atoms with E-state index < -0.39 is 0 Å². The van der Waals surface area contributed by atoms with E-state index in [0.717, 1.165) is 28.1 Å². The van der Waals surface area contributed by atoms with E-state index in [9.17, 15) is 15.3 Å². The van der Waals surface area contributed by atoms with Gasteiger partial charge in [0.2, 0.25) is 0 Å². The molecule has 0 spiro atoms. The third kappa shape index (κ3) is 3.66. The second-order valence-corrected chi connectivity index (χ2v) is 5.92. The van der Waals surface area contributed by atoms with Gasteiger partial charge >= 0.3 is 0 Å². The summed E-state index contributed by atoms with van der Waals surface area (Å²) in [6.45, 7) is 1.87. The van der Waals surface area contributed by atoms with Crippen LogP contribution in [0.5, 0.6) is 17.2 Å². The molecule has 1 aromatic heterocycles. The number of hydrogen-bond donors (Lipinski definition) is 3. The van der Waals surface area contributed by atoms with Crippen molar-refractivity contribution in [2.75, 3.05) is 0 Å². The Labute approximate surface area is 140 Å². The molecule has 1 heterocycles. The van der Waals surface area contributed by atoms with E-state index in [1.165, 1.54) is 6.07 Å². The van der Waals surface area contributed by atoms with E-state index in [2.05, 4.69) is 4.98 Å². The maximum absolute atomic E-state index is 9.61. The third-order valence-electron chi connectivity index (χ3n) is 3.94. The highest BCUT2D eigenvalue weighted by Crippen LogP contribution is 2.26. The molecule has 3 N–H and O–H groups in total. The highest BCUT2D eigenvalue weighted by molar-refractivity contribution is 5.41. The number of aromatic hydroxyl groups is 3. The number of phenols is 3. The van der Waals surface area contributed by atoms with E-state index >= 15 is 0 Å². The van der Waals surface area contributed by atoms with Crippen molar-refractivity contribution in [1.82, 2.24) is 4.98 Å². The van der Waals surface area contributed by atoms with Crippen molar-refractivity contribution in [3.63, 3.8) is 0 Å². The largest absolute Gasteiger partial charge is 0.508 e. The van der Waals surface area contributed by atoms with Crippen molar-refractivity contribution in [2.45, 2.75) is 19.8 Å². The zero-order valence-corrected chi connectivity index (χ0v) is 13.4. The number of nitrogens with zero attached hydrogens (tertiary/aromatic N) is 1. The molecule has 0 saturated carbocycles. The van der Waals surface area contributed by atoms with Gasteiger partial charge in [-0.3, -0.25) is 4.98 Å². The lowest BCUT2D eigenvalue weighted by molar-refractivity contribution is 0.403. The quantitative estimate of drug-likeness (QED) is 0.641. The summed E-state index contributed by atoms with van der Waals surface area (Å²) in [4.78, 5) is 4.66. The van der Waals surface area contributed by atoms with Gasteiger partial charge in [0.1, 0.15) is 5.75 Å². The summed E-state index contributed by atoms with van der Waals surface area (Å²) in [7, 11) is 0. The number of aromatic nitrogens is 1. The Morgan fingerprint density at radius 3 is 1.88 bits per heavy atom. The van der Waals surface area contributed by atoms with Gasteiger partial charge < -0.3 is 15.3 Å². The summed E-state index contributed by atoms with van der Waals surface area (Å²) in [6.07, 6.45) is 1.27. The van der Waals surface area contributed by atoms with Crippen molar-refractivity contribution >= 4 is 0 Å². The van der Waals surface area contributed by atoms with Crippen LogP contribution in [0.1, 0.15) is 28.1 Å².